The molecule has 0 spiro atoms. The minimum atomic E-state index is 0.443. The minimum absolute atomic E-state index is 0.443. The van der Waals surface area contributed by atoms with Gasteiger partial charge in [0.05, 0.1) is 18.8 Å². The number of ether oxygens (including phenoxy) is 2. The van der Waals surface area contributed by atoms with Crippen LogP contribution in [0.1, 0.15) is 11.3 Å². The Hall–Kier alpha value is -2.45. The zero-order valence-electron chi connectivity index (χ0n) is 11.6. The highest BCUT2D eigenvalue weighted by Gasteiger charge is 2.15. The quantitative estimate of drug-likeness (QED) is 0.907. The van der Waals surface area contributed by atoms with Crippen LogP contribution in [-0.4, -0.2) is 18.3 Å². The Bertz CT molecular complexity index is 624. The maximum Gasteiger partial charge on any atom is 0.224 e. The number of nitrogens with zero attached hydrogens (tertiary/aromatic N) is 2. The van der Waals surface area contributed by atoms with Gasteiger partial charge in [0.25, 0.3) is 0 Å². The first kappa shape index (κ1) is 14.0. The van der Waals surface area contributed by atoms with E-state index >= 15 is 0 Å². The third-order valence-electron chi connectivity index (χ3n) is 2.94. The van der Waals surface area contributed by atoms with E-state index in [1.54, 1.807) is 17.7 Å². The van der Waals surface area contributed by atoms with Crippen LogP contribution < -0.4 is 10.5 Å². The van der Waals surface area contributed by atoms with Crippen LogP contribution in [0.5, 0.6) is 11.6 Å². The molecule has 1 aromatic heterocycles. The maximum atomic E-state index is 9.14. The molecular weight excluding hydrogens is 254 g/mol. The normalized spacial score (nSPS) is 10.2. The molecule has 2 aromatic rings. The summed E-state index contributed by atoms with van der Waals surface area (Å²) in [7, 11) is 1.61. The summed E-state index contributed by atoms with van der Waals surface area (Å²) in [4.78, 5) is 0. The number of aromatic nitrogens is 1. The summed E-state index contributed by atoms with van der Waals surface area (Å²) in [6.07, 6.45) is 0. The monoisotopic (exact) mass is 271 g/mol. The third-order valence-corrected chi connectivity index (χ3v) is 2.94. The van der Waals surface area contributed by atoms with Gasteiger partial charge in [-0.15, -0.1) is 0 Å². The fourth-order valence-corrected chi connectivity index (χ4v) is 1.88. The van der Waals surface area contributed by atoms with Gasteiger partial charge in [-0.1, -0.05) is 17.7 Å². The molecular formula is C15H17N3O2. The van der Waals surface area contributed by atoms with Gasteiger partial charge in [0, 0.05) is 13.2 Å². The summed E-state index contributed by atoms with van der Waals surface area (Å²) < 4.78 is 12.6. The van der Waals surface area contributed by atoms with E-state index in [9.17, 15) is 0 Å². The van der Waals surface area contributed by atoms with Crippen molar-refractivity contribution in [3.8, 4) is 17.7 Å². The molecule has 5 heteroatoms. The third kappa shape index (κ3) is 2.92. The Labute approximate surface area is 118 Å². The van der Waals surface area contributed by atoms with E-state index in [1.807, 2.05) is 31.2 Å². The molecule has 0 unspecified atom stereocenters. The van der Waals surface area contributed by atoms with Crippen LogP contribution in [0.2, 0.25) is 0 Å². The van der Waals surface area contributed by atoms with Crippen LogP contribution in [0.3, 0.4) is 0 Å². The lowest BCUT2D eigenvalue weighted by Crippen LogP contribution is -2.08. The van der Waals surface area contributed by atoms with Crippen LogP contribution in [-0.2, 0) is 11.3 Å². The smallest absolute Gasteiger partial charge is 0.224 e. The van der Waals surface area contributed by atoms with Crippen molar-refractivity contribution in [3.05, 3.63) is 41.6 Å². The molecule has 0 aliphatic rings. The number of anilines is 1. The molecule has 0 aliphatic carbocycles. The van der Waals surface area contributed by atoms with Crippen molar-refractivity contribution in [1.29, 1.82) is 5.26 Å². The van der Waals surface area contributed by atoms with Gasteiger partial charge in [0.15, 0.2) is 0 Å². The van der Waals surface area contributed by atoms with Crippen molar-refractivity contribution in [2.24, 2.45) is 0 Å². The van der Waals surface area contributed by atoms with Gasteiger partial charge in [-0.25, -0.2) is 0 Å². The van der Waals surface area contributed by atoms with Gasteiger partial charge in [-0.2, -0.15) is 5.26 Å². The Morgan fingerprint density at radius 2 is 2.00 bits per heavy atom. The van der Waals surface area contributed by atoms with Crippen LogP contribution in [0.25, 0.3) is 0 Å². The van der Waals surface area contributed by atoms with Crippen molar-refractivity contribution in [3.63, 3.8) is 0 Å². The molecule has 5 nitrogen and oxygen atoms in total. The lowest BCUT2D eigenvalue weighted by molar-refractivity contribution is 0.184. The molecule has 1 aromatic carbocycles. The first-order valence-electron chi connectivity index (χ1n) is 6.28. The summed E-state index contributed by atoms with van der Waals surface area (Å²) in [5.74, 6) is 1.16. The Kier molecular flexibility index (Phi) is 4.28. The number of nitrogens with two attached hydrogens (primary N) is 1. The maximum absolute atomic E-state index is 9.14. The molecule has 1 heterocycles. The van der Waals surface area contributed by atoms with Crippen molar-refractivity contribution < 1.29 is 9.47 Å². The summed E-state index contributed by atoms with van der Waals surface area (Å²) in [6.45, 7) is 3.00. The van der Waals surface area contributed by atoms with E-state index in [-0.39, 0.29) is 0 Å². The van der Waals surface area contributed by atoms with Crippen molar-refractivity contribution in [1.82, 2.24) is 4.57 Å². The lowest BCUT2D eigenvalue weighted by Gasteiger charge is -2.12. The van der Waals surface area contributed by atoms with Crippen molar-refractivity contribution in [2.75, 3.05) is 19.5 Å². The highest BCUT2D eigenvalue weighted by atomic mass is 16.5. The summed E-state index contributed by atoms with van der Waals surface area (Å²) in [5.41, 5.74) is 7.98. The SMILES string of the molecule is COCCn1c(C#N)cc(N)c1Oc1ccc(C)cc1. The van der Waals surface area contributed by atoms with E-state index in [4.69, 9.17) is 20.5 Å². The molecule has 2 N–H and O–H groups in total. The van der Waals surface area contributed by atoms with Crippen LogP contribution in [0.4, 0.5) is 5.69 Å². The topological polar surface area (TPSA) is 73.2 Å². The second kappa shape index (κ2) is 6.13. The first-order chi connectivity index (χ1) is 9.65. The fourth-order valence-electron chi connectivity index (χ4n) is 1.88. The largest absolute Gasteiger partial charge is 0.439 e. The molecule has 2 rings (SSSR count). The molecule has 0 amide bonds. The number of hydrogen-bond acceptors (Lipinski definition) is 4. The molecule has 0 saturated carbocycles. The van der Waals surface area contributed by atoms with Gasteiger partial charge in [-0.05, 0) is 19.1 Å². The fraction of sp³-hybridized carbons (Fsp3) is 0.267. The average molecular weight is 271 g/mol. The van der Waals surface area contributed by atoms with Gasteiger partial charge >= 0.3 is 0 Å². The molecule has 0 bridgehead atoms. The molecule has 0 atom stereocenters. The Balaban J connectivity index is 2.32. The van der Waals surface area contributed by atoms with E-state index in [1.165, 1.54) is 0 Å². The minimum Gasteiger partial charge on any atom is -0.439 e. The Morgan fingerprint density at radius 3 is 2.60 bits per heavy atom. The molecule has 20 heavy (non-hydrogen) atoms. The van der Waals surface area contributed by atoms with Crippen LogP contribution >= 0.6 is 0 Å². The standard InChI is InChI=1S/C15H17N3O2/c1-11-3-5-13(6-4-11)20-15-14(17)9-12(10-16)18(15)7-8-19-2/h3-6,9H,7-8,17H2,1-2H3. The van der Waals surface area contributed by atoms with Crippen molar-refractivity contribution >= 4 is 5.69 Å². The predicted molar refractivity (Wildman–Crippen MR) is 76.7 cm³/mol. The molecule has 0 fully saturated rings. The van der Waals surface area contributed by atoms with Gasteiger partial charge in [0.1, 0.15) is 17.5 Å². The van der Waals surface area contributed by atoms with E-state index in [0.29, 0.717) is 36.2 Å². The molecule has 0 aliphatic heterocycles. The second-order valence-corrected chi connectivity index (χ2v) is 4.46. The second-order valence-electron chi connectivity index (χ2n) is 4.46. The van der Waals surface area contributed by atoms with Crippen LogP contribution in [0, 0.1) is 18.3 Å². The zero-order chi connectivity index (χ0) is 14.5. The molecule has 0 saturated heterocycles. The van der Waals surface area contributed by atoms with E-state index in [0.717, 1.165) is 5.56 Å². The number of nitrogen functional groups attached to an aromatic ring is 1. The average Bonchev–Trinajstić information content (AvgIpc) is 2.75. The number of hydrogen-bond donors (Lipinski definition) is 1. The van der Waals surface area contributed by atoms with E-state index < -0.39 is 0 Å². The highest BCUT2D eigenvalue weighted by molar-refractivity contribution is 5.56. The number of rotatable bonds is 5. The van der Waals surface area contributed by atoms with E-state index in [2.05, 4.69) is 6.07 Å². The zero-order valence-corrected chi connectivity index (χ0v) is 11.6. The molecule has 0 radical (unpaired) electrons. The summed E-state index contributed by atoms with van der Waals surface area (Å²) in [5, 5.41) is 9.14. The summed E-state index contributed by atoms with van der Waals surface area (Å²) >= 11 is 0. The predicted octanol–water partition coefficient (Wildman–Crippen LogP) is 2.69. The Morgan fingerprint density at radius 1 is 1.30 bits per heavy atom. The van der Waals surface area contributed by atoms with Crippen molar-refractivity contribution in [2.45, 2.75) is 13.5 Å². The summed E-state index contributed by atoms with van der Waals surface area (Å²) in [6, 6.07) is 11.4. The number of aryl methyl sites for hydroxylation is 1. The number of methoxy groups -OCH3 is 1. The lowest BCUT2D eigenvalue weighted by atomic mass is 10.2. The van der Waals surface area contributed by atoms with Gasteiger partial charge in [0.2, 0.25) is 5.88 Å². The number of nitriles is 1. The van der Waals surface area contributed by atoms with Gasteiger partial charge in [-0.3, -0.25) is 4.57 Å². The number of benzene rings is 1. The van der Waals surface area contributed by atoms with Crippen LogP contribution in [0.15, 0.2) is 30.3 Å². The first-order valence-corrected chi connectivity index (χ1v) is 6.28. The highest BCUT2D eigenvalue weighted by Crippen LogP contribution is 2.31. The van der Waals surface area contributed by atoms with Gasteiger partial charge < -0.3 is 15.2 Å². The molecule has 104 valence electrons.